The van der Waals surface area contributed by atoms with Crippen LogP contribution in [0.1, 0.15) is 5.56 Å². The maximum atomic E-state index is 12.4. The SMILES string of the molecule is CSc1nc2ncn(CC(=O)NCc3ccccc3Cl)c(=O)c2s1. The van der Waals surface area contributed by atoms with E-state index in [1.165, 1.54) is 34.0 Å². The Morgan fingerprint density at radius 3 is 2.96 bits per heavy atom. The molecule has 0 bridgehead atoms. The lowest BCUT2D eigenvalue weighted by Gasteiger charge is -2.08. The van der Waals surface area contributed by atoms with Gasteiger partial charge in [-0.15, -0.1) is 11.3 Å². The molecule has 0 aliphatic rings. The van der Waals surface area contributed by atoms with Gasteiger partial charge in [0.25, 0.3) is 5.56 Å². The van der Waals surface area contributed by atoms with Gasteiger partial charge in [-0.3, -0.25) is 14.2 Å². The number of nitrogens with one attached hydrogen (secondary N) is 1. The van der Waals surface area contributed by atoms with Gasteiger partial charge in [-0.1, -0.05) is 41.6 Å². The normalized spacial score (nSPS) is 10.9. The van der Waals surface area contributed by atoms with Crippen molar-refractivity contribution in [2.45, 2.75) is 17.4 Å². The molecule has 9 heteroatoms. The van der Waals surface area contributed by atoms with Crippen LogP contribution in [0.2, 0.25) is 5.02 Å². The predicted octanol–water partition coefficient (Wildman–Crippen LogP) is 2.54. The molecule has 0 aliphatic heterocycles. The third-order valence-electron chi connectivity index (χ3n) is 3.29. The molecular weight excluding hydrogens is 368 g/mol. The van der Waals surface area contributed by atoms with Gasteiger partial charge in [0.2, 0.25) is 5.91 Å². The van der Waals surface area contributed by atoms with Crippen molar-refractivity contribution < 1.29 is 4.79 Å². The number of hydrogen-bond donors (Lipinski definition) is 1. The average Bonchev–Trinajstić information content (AvgIpc) is 3.01. The van der Waals surface area contributed by atoms with E-state index >= 15 is 0 Å². The summed E-state index contributed by atoms with van der Waals surface area (Å²) in [7, 11) is 0. The zero-order chi connectivity index (χ0) is 17.1. The molecule has 0 fully saturated rings. The van der Waals surface area contributed by atoms with Crippen LogP contribution in [0, 0.1) is 0 Å². The summed E-state index contributed by atoms with van der Waals surface area (Å²) in [6.45, 7) is 0.207. The second-order valence-electron chi connectivity index (χ2n) is 4.88. The van der Waals surface area contributed by atoms with Gasteiger partial charge in [0.1, 0.15) is 17.6 Å². The van der Waals surface area contributed by atoms with Crippen LogP contribution in [0.5, 0.6) is 0 Å². The highest BCUT2D eigenvalue weighted by Crippen LogP contribution is 2.24. The highest BCUT2D eigenvalue weighted by molar-refractivity contribution is 8.00. The number of amides is 1. The number of thiazole rings is 1. The van der Waals surface area contributed by atoms with Crippen LogP contribution in [0.25, 0.3) is 10.3 Å². The monoisotopic (exact) mass is 380 g/mol. The van der Waals surface area contributed by atoms with Crippen molar-refractivity contribution in [3.63, 3.8) is 0 Å². The van der Waals surface area contributed by atoms with Gasteiger partial charge in [-0.2, -0.15) is 0 Å². The zero-order valence-corrected chi connectivity index (χ0v) is 15.0. The third-order valence-corrected chi connectivity index (χ3v) is 5.67. The summed E-state index contributed by atoms with van der Waals surface area (Å²) in [6.07, 6.45) is 3.24. The van der Waals surface area contributed by atoms with Gasteiger partial charge >= 0.3 is 0 Å². The molecule has 0 atom stereocenters. The number of thioether (sulfide) groups is 1. The van der Waals surface area contributed by atoms with Gasteiger partial charge in [0.05, 0.1) is 0 Å². The van der Waals surface area contributed by atoms with E-state index < -0.39 is 0 Å². The molecule has 0 aliphatic carbocycles. The first-order valence-electron chi connectivity index (χ1n) is 6.98. The minimum absolute atomic E-state index is 0.0985. The summed E-state index contributed by atoms with van der Waals surface area (Å²) in [4.78, 5) is 32.9. The van der Waals surface area contributed by atoms with E-state index in [-0.39, 0.29) is 18.0 Å². The Labute approximate surface area is 150 Å². The molecule has 0 saturated carbocycles. The molecule has 1 N–H and O–H groups in total. The summed E-state index contributed by atoms with van der Waals surface area (Å²) in [6, 6.07) is 7.27. The van der Waals surface area contributed by atoms with Crippen LogP contribution in [0.3, 0.4) is 0 Å². The fourth-order valence-electron chi connectivity index (χ4n) is 2.07. The van der Waals surface area contributed by atoms with Crippen LogP contribution in [0.15, 0.2) is 39.7 Å². The van der Waals surface area contributed by atoms with E-state index in [0.29, 0.717) is 21.9 Å². The second kappa shape index (κ2) is 7.33. The molecule has 0 unspecified atom stereocenters. The van der Waals surface area contributed by atoms with Crippen molar-refractivity contribution in [3.8, 4) is 0 Å². The number of fused-ring (bicyclic) bond motifs is 1. The number of halogens is 1. The maximum absolute atomic E-state index is 12.4. The molecule has 24 heavy (non-hydrogen) atoms. The molecule has 6 nitrogen and oxygen atoms in total. The maximum Gasteiger partial charge on any atom is 0.273 e. The standard InChI is InChI=1S/C15H13ClN4O2S2/c1-23-15-19-13-12(24-15)14(22)20(8-18-13)7-11(21)17-6-9-4-2-3-5-10(9)16/h2-5,8H,6-7H2,1H3,(H,17,21). The lowest BCUT2D eigenvalue weighted by molar-refractivity contribution is -0.121. The Hall–Kier alpha value is -1.90. The molecule has 1 amide bonds. The lowest BCUT2D eigenvalue weighted by Crippen LogP contribution is -2.32. The van der Waals surface area contributed by atoms with E-state index in [1.807, 2.05) is 24.5 Å². The first-order valence-corrected chi connectivity index (χ1v) is 9.40. The van der Waals surface area contributed by atoms with Gasteiger partial charge in [-0.05, 0) is 17.9 Å². The molecule has 0 radical (unpaired) electrons. The minimum atomic E-state index is -0.284. The van der Waals surface area contributed by atoms with Crippen LogP contribution in [-0.2, 0) is 17.9 Å². The molecular formula is C15H13ClN4O2S2. The van der Waals surface area contributed by atoms with E-state index in [0.717, 1.165) is 9.90 Å². The zero-order valence-electron chi connectivity index (χ0n) is 12.7. The van der Waals surface area contributed by atoms with Crippen molar-refractivity contribution in [1.29, 1.82) is 0 Å². The number of nitrogens with zero attached hydrogens (tertiary/aromatic N) is 3. The molecule has 3 rings (SSSR count). The molecule has 124 valence electrons. The summed E-state index contributed by atoms with van der Waals surface area (Å²) < 4.78 is 2.52. The van der Waals surface area contributed by atoms with Gasteiger partial charge in [0.15, 0.2) is 9.99 Å². The van der Waals surface area contributed by atoms with Crippen LogP contribution < -0.4 is 10.9 Å². The number of carbonyl (C=O) groups excluding carboxylic acids is 1. The molecule has 1 aromatic carbocycles. The molecule has 2 aromatic heterocycles. The van der Waals surface area contributed by atoms with E-state index in [1.54, 1.807) is 6.07 Å². The Morgan fingerprint density at radius 1 is 1.42 bits per heavy atom. The van der Waals surface area contributed by atoms with Crippen molar-refractivity contribution >= 4 is 51.0 Å². The largest absolute Gasteiger partial charge is 0.350 e. The van der Waals surface area contributed by atoms with Crippen molar-refractivity contribution in [2.75, 3.05) is 6.26 Å². The summed E-state index contributed by atoms with van der Waals surface area (Å²) >= 11 is 8.79. The first-order chi connectivity index (χ1) is 11.6. The summed E-state index contributed by atoms with van der Waals surface area (Å²) in [5, 5.41) is 3.34. The fraction of sp³-hybridized carbons (Fsp3) is 0.200. The minimum Gasteiger partial charge on any atom is -0.350 e. The Balaban J connectivity index is 1.72. The number of carbonyl (C=O) groups is 1. The van der Waals surface area contributed by atoms with E-state index in [2.05, 4.69) is 15.3 Å². The summed E-state index contributed by atoms with van der Waals surface area (Å²) in [5.41, 5.74) is 0.980. The predicted molar refractivity (Wildman–Crippen MR) is 96.8 cm³/mol. The molecule has 0 spiro atoms. The van der Waals surface area contributed by atoms with Gasteiger partial charge < -0.3 is 5.32 Å². The Morgan fingerprint density at radius 2 is 2.21 bits per heavy atom. The van der Waals surface area contributed by atoms with Crippen LogP contribution in [-0.4, -0.2) is 26.7 Å². The molecule has 3 aromatic rings. The molecule has 0 saturated heterocycles. The van der Waals surface area contributed by atoms with Gasteiger partial charge in [-0.25, -0.2) is 9.97 Å². The third kappa shape index (κ3) is 3.61. The van der Waals surface area contributed by atoms with Crippen molar-refractivity contribution in [2.24, 2.45) is 0 Å². The quantitative estimate of drug-likeness (QED) is 0.688. The first kappa shape index (κ1) is 16.9. The smallest absolute Gasteiger partial charge is 0.273 e. The number of rotatable bonds is 5. The second-order valence-corrected chi connectivity index (χ2v) is 7.34. The summed E-state index contributed by atoms with van der Waals surface area (Å²) in [5.74, 6) is -0.284. The highest BCUT2D eigenvalue weighted by atomic mass is 35.5. The topological polar surface area (TPSA) is 76.9 Å². The molecule has 2 heterocycles. The number of hydrogen-bond acceptors (Lipinski definition) is 6. The average molecular weight is 381 g/mol. The van der Waals surface area contributed by atoms with E-state index in [4.69, 9.17) is 11.6 Å². The number of benzene rings is 1. The highest BCUT2D eigenvalue weighted by Gasteiger charge is 2.12. The number of aromatic nitrogens is 3. The van der Waals surface area contributed by atoms with Gasteiger partial charge in [0, 0.05) is 11.6 Å². The van der Waals surface area contributed by atoms with Crippen molar-refractivity contribution in [3.05, 3.63) is 51.5 Å². The van der Waals surface area contributed by atoms with Crippen LogP contribution in [0.4, 0.5) is 0 Å². The Kier molecular flexibility index (Phi) is 5.17. The van der Waals surface area contributed by atoms with E-state index in [9.17, 15) is 9.59 Å². The van der Waals surface area contributed by atoms with Crippen molar-refractivity contribution in [1.82, 2.24) is 19.9 Å². The lowest BCUT2D eigenvalue weighted by atomic mass is 10.2. The fourth-order valence-corrected chi connectivity index (χ4v) is 3.74. The Bertz CT molecular complexity index is 954. The van der Waals surface area contributed by atoms with Crippen LogP contribution >= 0.6 is 34.7 Å².